The average Bonchev–Trinajstić information content (AvgIpc) is 3.67. The molecule has 0 spiro atoms. The van der Waals surface area contributed by atoms with Crippen LogP contribution in [-0.4, -0.2) is 95.1 Å². The van der Waals surface area contributed by atoms with Crippen molar-refractivity contribution in [3.63, 3.8) is 0 Å². The van der Waals surface area contributed by atoms with E-state index in [1.807, 2.05) is 31.1 Å². The molecule has 3 aromatic rings. The third-order valence-electron chi connectivity index (χ3n) is 8.26. The average molecular weight is 574 g/mol. The number of aromatic nitrogens is 4. The SMILES string of the molecule is CN(C)CCNC(=O)c1ccc2c(c1)CCc1cc(F)ccc1C2(CCNCC(=O)N1CCCC1C#N)c1nn[nH]n1. The standard InChI is InChI=1S/C30H36FN9O2/c1-39(2)15-13-34-28(42)22-7-9-25-20(16-22)5-6-21-17-23(31)8-10-26(21)30(25,29-35-37-38-36-29)11-12-33-19-27(41)40-14-3-4-24(40)18-32/h7-10,16-17,24,33H,3-6,11-15,19H2,1-2H3,(H,34,42)(H,35,36,37,38). The molecule has 2 aromatic carbocycles. The second-order valence-electron chi connectivity index (χ2n) is 11.2. The van der Waals surface area contributed by atoms with Crippen LogP contribution >= 0.6 is 0 Å². The van der Waals surface area contributed by atoms with Gasteiger partial charge in [-0.05, 0) is 99.3 Å². The van der Waals surface area contributed by atoms with Gasteiger partial charge in [0, 0.05) is 25.2 Å². The number of likely N-dealkylation sites (tertiary alicyclic amines) is 1. The number of rotatable bonds is 10. The van der Waals surface area contributed by atoms with Crippen LogP contribution in [-0.2, 0) is 23.1 Å². The zero-order chi connectivity index (χ0) is 29.7. The van der Waals surface area contributed by atoms with E-state index in [0.29, 0.717) is 56.7 Å². The quantitative estimate of drug-likeness (QED) is 0.310. The van der Waals surface area contributed by atoms with Crippen molar-refractivity contribution in [2.45, 2.75) is 43.6 Å². The van der Waals surface area contributed by atoms with Gasteiger partial charge in [0.1, 0.15) is 11.9 Å². The smallest absolute Gasteiger partial charge is 0.251 e. The Hall–Kier alpha value is -4.21. The topological polar surface area (TPSA) is 143 Å². The number of aryl methyl sites for hydroxylation is 2. The molecule has 2 unspecified atom stereocenters. The minimum atomic E-state index is -0.916. The highest BCUT2D eigenvalue weighted by Crippen LogP contribution is 2.46. The Kier molecular flexibility index (Phi) is 8.89. The third kappa shape index (κ3) is 5.89. The highest BCUT2D eigenvalue weighted by atomic mass is 19.1. The van der Waals surface area contributed by atoms with Crippen molar-refractivity contribution in [1.82, 2.24) is 41.1 Å². The Morgan fingerprint density at radius 3 is 2.64 bits per heavy atom. The van der Waals surface area contributed by atoms with E-state index in [-0.39, 0.29) is 30.2 Å². The molecule has 1 fully saturated rings. The first-order chi connectivity index (χ1) is 20.3. The molecule has 0 saturated carbocycles. The van der Waals surface area contributed by atoms with Crippen molar-refractivity contribution in [1.29, 1.82) is 5.26 Å². The molecule has 220 valence electrons. The summed E-state index contributed by atoms with van der Waals surface area (Å²) in [6, 6.07) is 12.3. The number of nitrogens with one attached hydrogen (secondary N) is 3. The summed E-state index contributed by atoms with van der Waals surface area (Å²) in [6.07, 6.45) is 3.14. The van der Waals surface area contributed by atoms with Crippen molar-refractivity contribution in [3.05, 3.63) is 75.9 Å². The molecule has 1 saturated heterocycles. The maximum atomic E-state index is 14.5. The second kappa shape index (κ2) is 12.8. The lowest BCUT2D eigenvalue weighted by Gasteiger charge is -2.34. The molecule has 0 bridgehead atoms. The molecule has 2 aliphatic rings. The summed E-state index contributed by atoms with van der Waals surface area (Å²) in [4.78, 5) is 29.5. The van der Waals surface area contributed by atoms with Gasteiger partial charge in [0.15, 0.2) is 5.82 Å². The molecule has 1 aromatic heterocycles. The number of aromatic amines is 1. The van der Waals surface area contributed by atoms with Crippen molar-refractivity contribution in [2.75, 3.05) is 46.8 Å². The molecule has 11 nitrogen and oxygen atoms in total. The molecule has 0 radical (unpaired) electrons. The Bertz CT molecular complexity index is 1470. The lowest BCUT2D eigenvalue weighted by Crippen LogP contribution is -2.42. The number of fused-ring (bicyclic) bond motifs is 2. The monoisotopic (exact) mass is 573 g/mol. The van der Waals surface area contributed by atoms with E-state index in [1.54, 1.807) is 23.1 Å². The summed E-state index contributed by atoms with van der Waals surface area (Å²) in [5.41, 5.74) is 3.19. The lowest BCUT2D eigenvalue weighted by atomic mass is 9.69. The number of likely N-dealkylation sites (N-methyl/N-ethyl adjacent to an activating group) is 1. The number of halogens is 1. The number of benzene rings is 2. The Balaban J connectivity index is 1.48. The summed E-state index contributed by atoms with van der Waals surface area (Å²) in [6.45, 7) is 2.34. The first-order valence-electron chi connectivity index (χ1n) is 14.3. The first-order valence-corrected chi connectivity index (χ1v) is 14.3. The van der Waals surface area contributed by atoms with Gasteiger partial charge in [-0.3, -0.25) is 9.59 Å². The Morgan fingerprint density at radius 2 is 1.93 bits per heavy atom. The summed E-state index contributed by atoms with van der Waals surface area (Å²) in [5, 5.41) is 30.9. The molecule has 2 atom stereocenters. The highest BCUT2D eigenvalue weighted by Gasteiger charge is 2.44. The number of carbonyl (C=O) groups is 2. The fraction of sp³-hybridized carbons (Fsp3) is 0.467. The number of hydrogen-bond acceptors (Lipinski definition) is 8. The van der Waals surface area contributed by atoms with E-state index in [1.165, 1.54) is 6.07 Å². The van der Waals surface area contributed by atoms with Crippen molar-refractivity contribution < 1.29 is 14.0 Å². The van der Waals surface area contributed by atoms with Gasteiger partial charge in [-0.2, -0.15) is 10.5 Å². The second-order valence-corrected chi connectivity index (χ2v) is 11.2. The number of nitrogens with zero attached hydrogens (tertiary/aromatic N) is 6. The number of nitriles is 1. The molecular formula is C30H36FN9O2. The largest absolute Gasteiger partial charge is 0.351 e. The van der Waals surface area contributed by atoms with Gasteiger partial charge in [-0.25, -0.2) is 4.39 Å². The van der Waals surface area contributed by atoms with E-state index in [0.717, 1.165) is 35.2 Å². The van der Waals surface area contributed by atoms with Crippen LogP contribution in [0, 0.1) is 17.1 Å². The number of tetrazole rings is 1. The van der Waals surface area contributed by atoms with E-state index < -0.39 is 5.41 Å². The van der Waals surface area contributed by atoms with E-state index in [2.05, 4.69) is 37.3 Å². The molecule has 1 aliphatic carbocycles. The van der Waals surface area contributed by atoms with E-state index >= 15 is 0 Å². The predicted molar refractivity (Wildman–Crippen MR) is 153 cm³/mol. The van der Waals surface area contributed by atoms with Crippen LogP contribution in [0.2, 0.25) is 0 Å². The maximum Gasteiger partial charge on any atom is 0.251 e. The van der Waals surface area contributed by atoms with Crippen LogP contribution in [0.5, 0.6) is 0 Å². The minimum absolute atomic E-state index is 0.0930. The molecule has 12 heteroatoms. The third-order valence-corrected chi connectivity index (χ3v) is 8.26. The molecule has 42 heavy (non-hydrogen) atoms. The van der Waals surface area contributed by atoms with Gasteiger partial charge in [0.05, 0.1) is 18.0 Å². The van der Waals surface area contributed by atoms with E-state index in [4.69, 9.17) is 0 Å². The molecule has 2 heterocycles. The minimum Gasteiger partial charge on any atom is -0.351 e. The van der Waals surface area contributed by atoms with Crippen molar-refractivity contribution in [2.24, 2.45) is 0 Å². The normalized spacial score (nSPS) is 19.6. The number of amides is 2. The van der Waals surface area contributed by atoms with Crippen LogP contribution in [0.4, 0.5) is 4.39 Å². The summed E-state index contributed by atoms with van der Waals surface area (Å²) < 4.78 is 14.5. The van der Waals surface area contributed by atoms with Gasteiger partial charge < -0.3 is 20.4 Å². The van der Waals surface area contributed by atoms with Crippen LogP contribution in [0.1, 0.15) is 57.7 Å². The zero-order valence-corrected chi connectivity index (χ0v) is 24.0. The molecular weight excluding hydrogens is 537 g/mol. The van der Waals surface area contributed by atoms with E-state index in [9.17, 15) is 19.2 Å². The zero-order valence-electron chi connectivity index (χ0n) is 24.0. The summed E-state index contributed by atoms with van der Waals surface area (Å²) >= 11 is 0. The van der Waals surface area contributed by atoms with Gasteiger partial charge in [-0.15, -0.1) is 10.2 Å². The number of hydrogen-bond donors (Lipinski definition) is 3. The summed E-state index contributed by atoms with van der Waals surface area (Å²) in [5.74, 6) is -0.167. The number of carbonyl (C=O) groups excluding carboxylic acids is 2. The maximum absolute atomic E-state index is 14.5. The van der Waals surface area contributed by atoms with Crippen LogP contribution in [0.15, 0.2) is 36.4 Å². The Labute approximate surface area is 244 Å². The summed E-state index contributed by atoms with van der Waals surface area (Å²) in [7, 11) is 3.90. The van der Waals surface area contributed by atoms with Gasteiger partial charge >= 0.3 is 0 Å². The first kappa shape index (κ1) is 29.3. The van der Waals surface area contributed by atoms with Gasteiger partial charge in [0.2, 0.25) is 5.91 Å². The predicted octanol–water partition coefficient (Wildman–Crippen LogP) is 1.56. The Morgan fingerprint density at radius 1 is 1.17 bits per heavy atom. The molecule has 2 amide bonds. The number of H-pyrrole nitrogens is 1. The lowest BCUT2D eigenvalue weighted by molar-refractivity contribution is -0.130. The van der Waals surface area contributed by atoms with Gasteiger partial charge in [0.25, 0.3) is 5.91 Å². The molecule has 3 N–H and O–H groups in total. The fourth-order valence-electron chi connectivity index (χ4n) is 6.19. The van der Waals surface area contributed by atoms with Crippen molar-refractivity contribution >= 4 is 11.8 Å². The molecule has 5 rings (SSSR count). The fourth-order valence-corrected chi connectivity index (χ4v) is 6.19. The van der Waals surface area contributed by atoms with Crippen LogP contribution in [0.25, 0.3) is 0 Å². The van der Waals surface area contributed by atoms with Crippen LogP contribution in [0.3, 0.4) is 0 Å². The van der Waals surface area contributed by atoms with Crippen LogP contribution < -0.4 is 10.6 Å². The van der Waals surface area contributed by atoms with Crippen molar-refractivity contribution in [3.8, 4) is 6.07 Å². The van der Waals surface area contributed by atoms with Gasteiger partial charge in [-0.1, -0.05) is 17.3 Å². The molecule has 1 aliphatic heterocycles. The highest BCUT2D eigenvalue weighted by molar-refractivity contribution is 5.94.